The predicted octanol–water partition coefficient (Wildman–Crippen LogP) is 7.10. The second-order valence-electron chi connectivity index (χ2n) is 12.1. The van der Waals surface area contributed by atoms with Gasteiger partial charge in [0.2, 0.25) is 11.3 Å². The first kappa shape index (κ1) is 35.0. The number of carboxylic acid groups (broad SMARTS) is 1. The number of hydrogen-bond acceptors (Lipinski definition) is 4. The van der Waals surface area contributed by atoms with Crippen LogP contribution in [0, 0.1) is 11.7 Å². The molecule has 12 heteroatoms. The van der Waals surface area contributed by atoms with Crippen molar-refractivity contribution < 1.29 is 32.6 Å². The van der Waals surface area contributed by atoms with Gasteiger partial charge in [0.05, 0.1) is 12.5 Å². The molecule has 0 aliphatic carbocycles. The van der Waals surface area contributed by atoms with Crippen molar-refractivity contribution in [3.8, 4) is 0 Å². The third-order valence-corrected chi connectivity index (χ3v) is 9.61. The molecule has 3 aromatic rings. The van der Waals surface area contributed by atoms with Crippen LogP contribution in [0.15, 0.2) is 72.8 Å². The first-order chi connectivity index (χ1) is 21.2. The Morgan fingerprint density at radius 3 is 2.29 bits per heavy atom. The van der Waals surface area contributed by atoms with Crippen molar-refractivity contribution in [3.05, 3.63) is 105 Å². The minimum atomic E-state index is -2.52. The van der Waals surface area contributed by atoms with Gasteiger partial charge in [-0.25, -0.2) is 8.60 Å². The average Bonchev–Trinajstić information content (AvgIpc) is 2.95. The Kier molecular flexibility index (Phi) is 11.4. The summed E-state index contributed by atoms with van der Waals surface area (Å²) in [6, 6.07) is 18.6. The topological polar surface area (TPSA) is 107 Å². The molecule has 1 fully saturated rings. The molecule has 0 bridgehead atoms. The summed E-state index contributed by atoms with van der Waals surface area (Å²) in [6.45, 7) is 7.17. The van der Waals surface area contributed by atoms with E-state index in [9.17, 15) is 27.8 Å². The molecule has 0 aromatic heterocycles. The van der Waals surface area contributed by atoms with Gasteiger partial charge in [-0.05, 0) is 73.2 Å². The molecule has 1 amide bonds. The normalized spacial score (nSPS) is 20.4. The molecule has 1 unspecified atom stereocenters. The number of carboxylic acids is 1. The van der Waals surface area contributed by atoms with Crippen molar-refractivity contribution in [2.75, 3.05) is 6.54 Å². The van der Waals surface area contributed by atoms with Gasteiger partial charge in [-0.3, -0.25) is 14.1 Å². The molecule has 1 aliphatic rings. The van der Waals surface area contributed by atoms with Gasteiger partial charge in [0.25, 0.3) is 5.91 Å². The Bertz CT molecular complexity index is 1540. The second kappa shape index (κ2) is 14.7. The van der Waals surface area contributed by atoms with Gasteiger partial charge in [-0.15, -0.1) is 0 Å². The lowest BCUT2D eigenvalue weighted by atomic mass is 9.87. The maximum absolute atomic E-state index is 14.7. The monoisotopic (exact) mass is 678 g/mol. The number of ether oxygens (including phenoxy) is 1. The number of aliphatic carboxylic acids is 1. The van der Waals surface area contributed by atoms with Crippen molar-refractivity contribution in [1.29, 1.82) is 0 Å². The number of carbonyl (C=O) groups excluding carboxylic acids is 1. The summed E-state index contributed by atoms with van der Waals surface area (Å²) < 4.78 is 45.9. The zero-order chi connectivity index (χ0) is 33.1. The molecule has 5 atom stereocenters. The third-order valence-electron chi connectivity index (χ3n) is 8.10. The number of amides is 1. The molecule has 45 heavy (non-hydrogen) atoms. The quantitative estimate of drug-likeness (QED) is 0.198. The minimum absolute atomic E-state index is 0.0832. The molecule has 8 nitrogen and oxygen atoms in total. The zero-order valence-electron chi connectivity index (χ0n) is 25.4. The molecule has 0 spiro atoms. The third kappa shape index (κ3) is 8.30. The zero-order valence-corrected chi connectivity index (χ0v) is 27.7. The lowest BCUT2D eigenvalue weighted by molar-refractivity contribution is -0.185. The smallest absolute Gasteiger partial charge is 0.306 e. The molecule has 0 radical (unpaired) electrons. The number of halogens is 3. The number of nitrogens with zero attached hydrogens (tertiary/aromatic N) is 2. The van der Waals surface area contributed by atoms with E-state index in [1.165, 1.54) is 10.4 Å². The molecule has 1 saturated heterocycles. The molecular formula is C33H37Cl2FN2O6S. The van der Waals surface area contributed by atoms with Gasteiger partial charge in [-0.2, -0.15) is 4.31 Å². The van der Waals surface area contributed by atoms with E-state index >= 15 is 0 Å². The van der Waals surface area contributed by atoms with Gasteiger partial charge in [0, 0.05) is 28.2 Å². The summed E-state index contributed by atoms with van der Waals surface area (Å²) in [4.78, 5) is 27.8. The van der Waals surface area contributed by atoms with E-state index in [1.54, 1.807) is 85.5 Å². The molecule has 1 heterocycles. The second-order valence-corrected chi connectivity index (χ2v) is 13.9. The van der Waals surface area contributed by atoms with Crippen LogP contribution in [-0.2, 0) is 32.0 Å². The van der Waals surface area contributed by atoms with Crippen LogP contribution in [0.2, 0.25) is 10.0 Å². The fourth-order valence-electron chi connectivity index (χ4n) is 5.87. The highest BCUT2D eigenvalue weighted by Gasteiger charge is 2.49. The Morgan fingerprint density at radius 2 is 1.71 bits per heavy atom. The summed E-state index contributed by atoms with van der Waals surface area (Å²) in [5, 5.41) is 10.6. The lowest BCUT2D eigenvalue weighted by Gasteiger charge is -2.50. The highest BCUT2D eigenvalue weighted by molar-refractivity contribution is 7.76. The van der Waals surface area contributed by atoms with Gasteiger partial charge in [-0.1, -0.05) is 79.5 Å². The van der Waals surface area contributed by atoms with Gasteiger partial charge in [0.15, 0.2) is 0 Å². The number of carbonyl (C=O) groups is 2. The lowest BCUT2D eigenvalue weighted by Crippen LogP contribution is -2.61. The Balaban J connectivity index is 1.85. The van der Waals surface area contributed by atoms with Crippen LogP contribution in [0.25, 0.3) is 0 Å². The Hall–Kier alpha value is -2.86. The van der Waals surface area contributed by atoms with Crippen molar-refractivity contribution in [1.82, 2.24) is 9.21 Å². The van der Waals surface area contributed by atoms with E-state index in [0.717, 1.165) is 0 Å². The maximum atomic E-state index is 14.7. The highest BCUT2D eigenvalue weighted by atomic mass is 35.5. The van der Waals surface area contributed by atoms with Crippen molar-refractivity contribution in [2.45, 2.75) is 70.4 Å². The van der Waals surface area contributed by atoms with Crippen molar-refractivity contribution in [2.24, 2.45) is 5.92 Å². The van der Waals surface area contributed by atoms with E-state index < -0.39 is 65.2 Å². The van der Waals surface area contributed by atoms with Crippen LogP contribution in [0.3, 0.4) is 0 Å². The van der Waals surface area contributed by atoms with Crippen LogP contribution in [0.1, 0.15) is 63.0 Å². The molecule has 2 N–H and O–H groups in total. The molecule has 1 aliphatic heterocycles. The van der Waals surface area contributed by atoms with E-state index in [2.05, 4.69) is 0 Å². The highest BCUT2D eigenvalue weighted by Crippen LogP contribution is 2.45. The average molecular weight is 680 g/mol. The van der Waals surface area contributed by atoms with E-state index in [1.807, 2.05) is 13.8 Å². The molecule has 242 valence electrons. The molecule has 0 saturated carbocycles. The van der Waals surface area contributed by atoms with Crippen LogP contribution in [0.5, 0.6) is 0 Å². The van der Waals surface area contributed by atoms with Crippen LogP contribution in [0.4, 0.5) is 4.39 Å². The predicted molar refractivity (Wildman–Crippen MR) is 173 cm³/mol. The van der Waals surface area contributed by atoms with E-state index in [-0.39, 0.29) is 18.9 Å². The summed E-state index contributed by atoms with van der Waals surface area (Å²) in [6.07, 6.45) is -2.65. The van der Waals surface area contributed by atoms with E-state index in [0.29, 0.717) is 26.7 Å². The Labute approximate surface area is 275 Å². The fourth-order valence-corrected chi connectivity index (χ4v) is 6.96. The van der Waals surface area contributed by atoms with Gasteiger partial charge >= 0.3 is 5.97 Å². The molecular weight excluding hydrogens is 642 g/mol. The summed E-state index contributed by atoms with van der Waals surface area (Å²) in [5.74, 6) is -2.48. The largest absolute Gasteiger partial charge is 0.481 e. The summed E-state index contributed by atoms with van der Waals surface area (Å²) >= 11 is 10.1. The summed E-state index contributed by atoms with van der Waals surface area (Å²) in [7, 11) is 0. The standard InChI is InChI=1S/C33H37Cl2FN2O6S/c1-20(2)27(19-37(45(42)43)33(3,4)18-23-8-5-6-11-26(23)36)38-30(21-12-14-24(34)15-13-21)31(22-9-7-10-25(35)16-22)44-28(32(38)41)17-29(39)40/h5-16,20,27-28,30-31H,17-19H2,1-4H3,(H,39,40)(H,42,43)/t27-,28-,30-,31-/m1/s1. The maximum Gasteiger partial charge on any atom is 0.306 e. The SMILES string of the molecule is CC(C)[C@@H](CN(S(=O)O)C(C)(C)Cc1ccccc1F)N1C(=O)[C@@H](CC(=O)O)O[C@H](c2cccc(Cl)c2)[C@H]1c1ccc(Cl)cc1. The molecule has 4 rings (SSSR count). The minimum Gasteiger partial charge on any atom is -0.481 e. The van der Waals surface area contributed by atoms with Crippen molar-refractivity contribution >= 4 is 46.3 Å². The Morgan fingerprint density at radius 1 is 1.04 bits per heavy atom. The first-order valence-electron chi connectivity index (χ1n) is 14.5. The van der Waals surface area contributed by atoms with Gasteiger partial charge in [0.1, 0.15) is 18.0 Å². The fraction of sp³-hybridized carbons (Fsp3) is 0.394. The van der Waals surface area contributed by atoms with E-state index in [4.69, 9.17) is 27.9 Å². The van der Waals surface area contributed by atoms with Gasteiger partial charge < -0.3 is 14.7 Å². The number of morpholine rings is 1. The number of benzene rings is 3. The number of hydrogen-bond donors (Lipinski definition) is 2. The van der Waals surface area contributed by atoms with Crippen LogP contribution >= 0.6 is 23.2 Å². The summed E-state index contributed by atoms with van der Waals surface area (Å²) in [5.41, 5.74) is 0.634. The van der Waals surface area contributed by atoms with Crippen LogP contribution in [-0.4, -0.2) is 59.2 Å². The van der Waals surface area contributed by atoms with Crippen molar-refractivity contribution in [3.63, 3.8) is 0 Å². The first-order valence-corrected chi connectivity index (χ1v) is 16.3. The van der Waals surface area contributed by atoms with Crippen LogP contribution < -0.4 is 0 Å². The number of rotatable bonds is 12. The molecule has 3 aromatic carbocycles.